The first-order chi connectivity index (χ1) is 12.7. The van der Waals surface area contributed by atoms with E-state index < -0.39 is 0 Å². The van der Waals surface area contributed by atoms with Gasteiger partial charge in [-0.1, -0.05) is 41.4 Å². The molecule has 0 bridgehead atoms. The largest absolute Gasteiger partial charge is 0.372 e. The summed E-state index contributed by atoms with van der Waals surface area (Å²) in [6.45, 7) is 4.16. The van der Waals surface area contributed by atoms with Crippen LogP contribution in [0.1, 0.15) is 24.2 Å². The number of imidazole rings is 1. The molecule has 0 unspecified atom stereocenters. The summed E-state index contributed by atoms with van der Waals surface area (Å²) < 4.78 is 5.94. The standard InChI is InChI=1S/C20H20Cl2N3O/c21-15-8-7-14(17(22)10-15)11-25-9-3-4-16(25)12-26-13-20-23-18-5-1-2-6-19(18)24-20/h1-2,5-10,16H,3-4,11-13H2,(H,23,24)/t16-/m0/s1. The highest BCUT2D eigenvalue weighted by Gasteiger charge is 2.25. The topological polar surface area (TPSA) is 41.1 Å². The first kappa shape index (κ1) is 17.8. The van der Waals surface area contributed by atoms with Crippen molar-refractivity contribution in [3.8, 4) is 0 Å². The minimum atomic E-state index is 0.353. The van der Waals surface area contributed by atoms with E-state index >= 15 is 0 Å². The number of hydrogen-bond acceptors (Lipinski definition) is 3. The van der Waals surface area contributed by atoms with E-state index in [2.05, 4.69) is 21.4 Å². The van der Waals surface area contributed by atoms with Crippen molar-refractivity contribution >= 4 is 34.2 Å². The second-order valence-corrected chi connectivity index (χ2v) is 7.38. The van der Waals surface area contributed by atoms with Crippen LogP contribution in [0.15, 0.2) is 42.5 Å². The Hall–Kier alpha value is -1.59. The van der Waals surface area contributed by atoms with Gasteiger partial charge in [-0.2, -0.15) is 0 Å². The van der Waals surface area contributed by atoms with E-state index in [-0.39, 0.29) is 0 Å². The van der Waals surface area contributed by atoms with E-state index in [4.69, 9.17) is 27.9 Å². The number of nitrogens with one attached hydrogen (secondary N) is 1. The second-order valence-electron chi connectivity index (χ2n) is 6.54. The lowest BCUT2D eigenvalue weighted by molar-refractivity contribution is 0.0669. The molecule has 135 valence electrons. The van der Waals surface area contributed by atoms with Crippen LogP contribution in [0.25, 0.3) is 11.0 Å². The minimum Gasteiger partial charge on any atom is -0.372 e. The van der Waals surface area contributed by atoms with Crippen molar-refractivity contribution in [3.05, 3.63) is 70.4 Å². The van der Waals surface area contributed by atoms with Crippen LogP contribution >= 0.6 is 23.2 Å². The van der Waals surface area contributed by atoms with Crippen molar-refractivity contribution in [2.24, 2.45) is 0 Å². The summed E-state index contributed by atoms with van der Waals surface area (Å²) in [4.78, 5) is 10.2. The minimum absolute atomic E-state index is 0.353. The molecule has 1 radical (unpaired) electrons. The highest BCUT2D eigenvalue weighted by Crippen LogP contribution is 2.28. The van der Waals surface area contributed by atoms with Gasteiger partial charge in [-0.3, -0.25) is 4.90 Å². The van der Waals surface area contributed by atoms with Crippen LogP contribution in [0.2, 0.25) is 10.0 Å². The maximum atomic E-state index is 6.31. The van der Waals surface area contributed by atoms with E-state index in [1.807, 2.05) is 36.4 Å². The number of rotatable bonds is 6. The first-order valence-corrected chi connectivity index (χ1v) is 9.49. The number of aromatic nitrogens is 2. The van der Waals surface area contributed by atoms with Crippen molar-refractivity contribution in [2.45, 2.75) is 32.0 Å². The monoisotopic (exact) mass is 388 g/mol. The lowest BCUT2D eigenvalue weighted by Crippen LogP contribution is -2.31. The number of aromatic amines is 1. The smallest absolute Gasteiger partial charge is 0.133 e. The molecule has 1 N–H and O–H groups in total. The van der Waals surface area contributed by atoms with Crippen LogP contribution in [-0.2, 0) is 17.9 Å². The van der Waals surface area contributed by atoms with Crippen molar-refractivity contribution in [3.63, 3.8) is 0 Å². The summed E-state index contributed by atoms with van der Waals surface area (Å²) in [5.41, 5.74) is 3.09. The van der Waals surface area contributed by atoms with Crippen molar-refractivity contribution in [1.82, 2.24) is 14.9 Å². The van der Waals surface area contributed by atoms with Crippen molar-refractivity contribution < 1.29 is 4.74 Å². The third-order valence-electron chi connectivity index (χ3n) is 4.69. The van der Waals surface area contributed by atoms with Gasteiger partial charge in [0.05, 0.1) is 17.6 Å². The van der Waals surface area contributed by atoms with Gasteiger partial charge in [0.1, 0.15) is 12.4 Å². The summed E-state index contributed by atoms with van der Waals surface area (Å²) in [5.74, 6) is 0.862. The van der Waals surface area contributed by atoms with Crippen LogP contribution in [0.3, 0.4) is 0 Å². The van der Waals surface area contributed by atoms with Gasteiger partial charge in [-0.15, -0.1) is 0 Å². The summed E-state index contributed by atoms with van der Waals surface area (Å²) in [7, 11) is 0. The van der Waals surface area contributed by atoms with Gasteiger partial charge in [0.15, 0.2) is 0 Å². The Labute approximate surface area is 163 Å². The Balaban J connectivity index is 1.33. The quantitative estimate of drug-likeness (QED) is 0.629. The number of benzene rings is 2. The third kappa shape index (κ3) is 4.04. The Bertz CT molecular complexity index is 863. The highest BCUT2D eigenvalue weighted by molar-refractivity contribution is 6.35. The molecule has 1 atom stereocenters. The number of halogens is 2. The first-order valence-electron chi connectivity index (χ1n) is 8.73. The molecule has 0 spiro atoms. The fourth-order valence-corrected chi connectivity index (χ4v) is 3.80. The molecule has 6 heteroatoms. The van der Waals surface area contributed by atoms with E-state index in [0.29, 0.717) is 29.3 Å². The van der Waals surface area contributed by atoms with Gasteiger partial charge in [-0.25, -0.2) is 4.98 Å². The number of fused-ring (bicyclic) bond motifs is 1. The highest BCUT2D eigenvalue weighted by atomic mass is 35.5. The molecule has 3 aromatic rings. The fraction of sp³-hybridized carbons (Fsp3) is 0.300. The Morgan fingerprint density at radius 2 is 2.08 bits per heavy atom. The molecular formula is C20H20Cl2N3O. The molecule has 4 rings (SSSR count). The molecule has 1 aliphatic rings. The van der Waals surface area contributed by atoms with Crippen molar-refractivity contribution in [2.75, 3.05) is 6.61 Å². The van der Waals surface area contributed by atoms with Gasteiger partial charge in [0.2, 0.25) is 0 Å². The zero-order valence-corrected chi connectivity index (χ0v) is 15.8. The Morgan fingerprint density at radius 1 is 1.19 bits per heavy atom. The Morgan fingerprint density at radius 3 is 2.92 bits per heavy atom. The van der Waals surface area contributed by atoms with E-state index in [1.54, 1.807) is 6.07 Å². The molecule has 26 heavy (non-hydrogen) atoms. The average Bonchev–Trinajstić information content (AvgIpc) is 3.23. The number of ether oxygens (including phenoxy) is 1. The third-order valence-corrected chi connectivity index (χ3v) is 5.27. The van der Waals surface area contributed by atoms with Crippen LogP contribution in [0, 0.1) is 6.54 Å². The van der Waals surface area contributed by atoms with Crippen LogP contribution in [-0.4, -0.2) is 27.5 Å². The molecule has 0 aliphatic carbocycles. The number of H-pyrrole nitrogens is 1. The lowest BCUT2D eigenvalue weighted by Gasteiger charge is -2.24. The summed E-state index contributed by atoms with van der Waals surface area (Å²) in [6, 6.07) is 14.0. The maximum absolute atomic E-state index is 6.31. The molecule has 1 fully saturated rings. The predicted molar refractivity (Wildman–Crippen MR) is 105 cm³/mol. The molecule has 4 nitrogen and oxygen atoms in total. The molecule has 0 amide bonds. The normalized spacial score (nSPS) is 18.0. The van der Waals surface area contributed by atoms with E-state index in [0.717, 1.165) is 41.8 Å². The van der Waals surface area contributed by atoms with Crippen LogP contribution in [0.4, 0.5) is 0 Å². The molecule has 1 saturated heterocycles. The SMILES string of the molecule is Clc1ccc(CN2[CH]CC[C@H]2COCc2nc3ccccc3[nH]2)c(Cl)c1. The Kier molecular flexibility index (Phi) is 5.46. The molecule has 2 heterocycles. The fourth-order valence-electron chi connectivity index (χ4n) is 3.33. The van der Waals surface area contributed by atoms with Gasteiger partial charge in [0.25, 0.3) is 0 Å². The zero-order chi connectivity index (χ0) is 17.9. The lowest BCUT2D eigenvalue weighted by atomic mass is 10.2. The number of likely N-dealkylation sites (tertiary alicyclic amines) is 1. The molecule has 1 aliphatic heterocycles. The molecule has 0 saturated carbocycles. The zero-order valence-electron chi connectivity index (χ0n) is 14.3. The predicted octanol–water partition coefficient (Wildman–Crippen LogP) is 5.21. The molecule has 2 aromatic carbocycles. The average molecular weight is 389 g/mol. The molecular weight excluding hydrogens is 369 g/mol. The van der Waals surface area contributed by atoms with Gasteiger partial charge >= 0.3 is 0 Å². The van der Waals surface area contributed by atoms with Crippen molar-refractivity contribution in [1.29, 1.82) is 0 Å². The maximum Gasteiger partial charge on any atom is 0.133 e. The van der Waals surface area contributed by atoms with E-state index in [1.165, 1.54) is 0 Å². The van der Waals surface area contributed by atoms with E-state index in [9.17, 15) is 0 Å². The molecule has 1 aromatic heterocycles. The van der Waals surface area contributed by atoms with Crippen LogP contribution in [0.5, 0.6) is 0 Å². The number of nitrogens with zero attached hydrogens (tertiary/aromatic N) is 2. The van der Waals surface area contributed by atoms with Crippen LogP contribution < -0.4 is 0 Å². The summed E-state index contributed by atoms with van der Waals surface area (Å²) in [6.07, 6.45) is 2.15. The van der Waals surface area contributed by atoms with Gasteiger partial charge in [0, 0.05) is 29.2 Å². The summed E-state index contributed by atoms with van der Waals surface area (Å²) >= 11 is 12.3. The second kappa shape index (κ2) is 7.97. The van der Waals surface area contributed by atoms with Gasteiger partial charge in [-0.05, 0) is 42.7 Å². The van der Waals surface area contributed by atoms with Gasteiger partial charge < -0.3 is 9.72 Å². The number of para-hydroxylation sites is 2. The summed E-state index contributed by atoms with van der Waals surface area (Å²) in [5, 5.41) is 1.37. The number of hydrogen-bond donors (Lipinski definition) is 1.